The van der Waals surface area contributed by atoms with E-state index in [9.17, 15) is 5.11 Å². The van der Waals surface area contributed by atoms with Gasteiger partial charge >= 0.3 is 0 Å². The topological polar surface area (TPSA) is 70.9 Å². The summed E-state index contributed by atoms with van der Waals surface area (Å²) in [4.78, 5) is 12.5. The standard InChI is InChI=1S/C15H13ClN4O/c16-12-6-2-1-4-10(12)13(21)8-18-15-11-5-3-7-17-14(11)19-9-20-15/h1-7,9,13,21H,8H2,(H,17,18,19,20). The zero-order valence-electron chi connectivity index (χ0n) is 11.1. The lowest BCUT2D eigenvalue weighted by Gasteiger charge is -2.14. The highest BCUT2D eigenvalue weighted by Crippen LogP contribution is 2.23. The van der Waals surface area contributed by atoms with Crippen LogP contribution >= 0.6 is 11.6 Å². The molecule has 0 bridgehead atoms. The van der Waals surface area contributed by atoms with Crippen LogP contribution in [-0.4, -0.2) is 26.6 Å². The van der Waals surface area contributed by atoms with Crippen molar-refractivity contribution in [2.45, 2.75) is 6.10 Å². The number of aliphatic hydroxyl groups is 1. The van der Waals surface area contributed by atoms with E-state index in [2.05, 4.69) is 20.3 Å². The Balaban J connectivity index is 1.79. The molecule has 0 spiro atoms. The van der Waals surface area contributed by atoms with Gasteiger partial charge in [0.15, 0.2) is 5.65 Å². The highest BCUT2D eigenvalue weighted by molar-refractivity contribution is 6.31. The van der Waals surface area contributed by atoms with Crippen LogP contribution in [0, 0.1) is 0 Å². The normalized spacial score (nSPS) is 12.3. The summed E-state index contributed by atoms with van der Waals surface area (Å²) < 4.78 is 0. The number of nitrogens with one attached hydrogen (secondary N) is 1. The predicted octanol–water partition coefficient (Wildman–Crippen LogP) is 2.82. The molecule has 1 unspecified atom stereocenters. The third kappa shape index (κ3) is 2.94. The van der Waals surface area contributed by atoms with Gasteiger partial charge in [0.05, 0.1) is 11.5 Å². The summed E-state index contributed by atoms with van der Waals surface area (Å²) in [6.45, 7) is 0.296. The van der Waals surface area contributed by atoms with Crippen molar-refractivity contribution in [2.24, 2.45) is 0 Å². The first-order chi connectivity index (χ1) is 10.3. The minimum atomic E-state index is -0.722. The first-order valence-electron chi connectivity index (χ1n) is 6.48. The quantitative estimate of drug-likeness (QED) is 0.775. The molecule has 0 amide bonds. The SMILES string of the molecule is OC(CNc1ncnc2ncccc12)c1ccccc1Cl. The Kier molecular flexibility index (Phi) is 3.94. The van der Waals surface area contributed by atoms with E-state index in [0.717, 1.165) is 5.39 Å². The number of rotatable bonds is 4. The van der Waals surface area contributed by atoms with E-state index in [-0.39, 0.29) is 0 Å². The second kappa shape index (κ2) is 6.03. The molecule has 0 fully saturated rings. The number of hydrogen-bond donors (Lipinski definition) is 2. The molecule has 1 atom stereocenters. The van der Waals surface area contributed by atoms with Crippen molar-refractivity contribution >= 4 is 28.5 Å². The molecule has 1 aromatic carbocycles. The highest BCUT2D eigenvalue weighted by Gasteiger charge is 2.12. The van der Waals surface area contributed by atoms with Gasteiger partial charge in [0, 0.05) is 23.3 Å². The summed E-state index contributed by atoms with van der Waals surface area (Å²) in [5.74, 6) is 0.638. The molecule has 2 heterocycles. The molecule has 2 N–H and O–H groups in total. The van der Waals surface area contributed by atoms with Crippen molar-refractivity contribution in [3.8, 4) is 0 Å². The Hall–Kier alpha value is -2.24. The molecule has 0 aliphatic heterocycles. The van der Waals surface area contributed by atoms with Crippen LogP contribution in [0.25, 0.3) is 11.0 Å². The van der Waals surface area contributed by atoms with E-state index in [1.165, 1.54) is 6.33 Å². The van der Waals surface area contributed by atoms with Gasteiger partial charge in [-0.05, 0) is 18.2 Å². The second-order valence-electron chi connectivity index (χ2n) is 4.52. The third-order valence-corrected chi connectivity index (χ3v) is 3.48. The van der Waals surface area contributed by atoms with Crippen molar-refractivity contribution in [1.29, 1.82) is 0 Å². The summed E-state index contributed by atoms with van der Waals surface area (Å²) in [7, 11) is 0. The van der Waals surface area contributed by atoms with Gasteiger partial charge in [0.2, 0.25) is 0 Å². The van der Waals surface area contributed by atoms with Crippen molar-refractivity contribution in [1.82, 2.24) is 15.0 Å². The van der Waals surface area contributed by atoms with E-state index < -0.39 is 6.10 Å². The van der Waals surface area contributed by atoms with E-state index in [0.29, 0.717) is 28.6 Å². The Labute approximate surface area is 126 Å². The number of hydrogen-bond acceptors (Lipinski definition) is 5. The van der Waals surface area contributed by atoms with Crippen LogP contribution in [0.15, 0.2) is 48.9 Å². The van der Waals surface area contributed by atoms with Gasteiger partial charge < -0.3 is 10.4 Å². The van der Waals surface area contributed by atoms with Gasteiger partial charge in [0.25, 0.3) is 0 Å². The zero-order valence-corrected chi connectivity index (χ0v) is 11.8. The van der Waals surface area contributed by atoms with E-state index in [1.54, 1.807) is 18.3 Å². The van der Waals surface area contributed by atoms with Crippen molar-refractivity contribution in [2.75, 3.05) is 11.9 Å². The molecular weight excluding hydrogens is 288 g/mol. The molecule has 2 aromatic heterocycles. The molecule has 6 heteroatoms. The number of fused-ring (bicyclic) bond motifs is 1. The molecule has 3 aromatic rings. The Morgan fingerprint density at radius 2 is 1.95 bits per heavy atom. The van der Waals surface area contributed by atoms with Crippen LogP contribution in [-0.2, 0) is 0 Å². The van der Waals surface area contributed by atoms with Gasteiger partial charge in [0.1, 0.15) is 12.1 Å². The van der Waals surface area contributed by atoms with Gasteiger partial charge in [-0.2, -0.15) is 0 Å². The van der Waals surface area contributed by atoms with E-state index >= 15 is 0 Å². The lowest BCUT2D eigenvalue weighted by molar-refractivity contribution is 0.191. The van der Waals surface area contributed by atoms with Crippen molar-refractivity contribution in [3.05, 3.63) is 59.5 Å². The third-order valence-electron chi connectivity index (χ3n) is 3.14. The van der Waals surface area contributed by atoms with Crippen LogP contribution in [0.3, 0.4) is 0 Å². The number of benzene rings is 1. The fourth-order valence-corrected chi connectivity index (χ4v) is 2.35. The molecule has 0 saturated carbocycles. The molecule has 0 radical (unpaired) electrons. The van der Waals surface area contributed by atoms with Gasteiger partial charge in [-0.3, -0.25) is 0 Å². The molecular formula is C15H13ClN4O. The number of nitrogens with zero attached hydrogens (tertiary/aromatic N) is 3. The van der Waals surface area contributed by atoms with Crippen LogP contribution < -0.4 is 5.32 Å². The summed E-state index contributed by atoms with van der Waals surface area (Å²) in [5.41, 5.74) is 1.30. The monoisotopic (exact) mass is 300 g/mol. The van der Waals surface area contributed by atoms with Gasteiger partial charge in [-0.1, -0.05) is 29.8 Å². The molecule has 106 valence electrons. The predicted molar refractivity (Wildman–Crippen MR) is 82.2 cm³/mol. The number of aromatic nitrogens is 3. The fraction of sp³-hybridized carbons (Fsp3) is 0.133. The molecule has 21 heavy (non-hydrogen) atoms. The Bertz CT molecular complexity index is 760. The van der Waals surface area contributed by atoms with Crippen molar-refractivity contribution < 1.29 is 5.11 Å². The smallest absolute Gasteiger partial charge is 0.164 e. The molecule has 3 rings (SSSR count). The van der Waals surface area contributed by atoms with E-state index in [4.69, 9.17) is 11.6 Å². The van der Waals surface area contributed by atoms with Crippen LogP contribution in [0.1, 0.15) is 11.7 Å². The Morgan fingerprint density at radius 3 is 2.81 bits per heavy atom. The maximum atomic E-state index is 10.2. The maximum absolute atomic E-state index is 10.2. The van der Waals surface area contributed by atoms with Crippen LogP contribution in [0.5, 0.6) is 0 Å². The first-order valence-corrected chi connectivity index (χ1v) is 6.85. The minimum absolute atomic E-state index is 0.296. The van der Waals surface area contributed by atoms with Crippen LogP contribution in [0.2, 0.25) is 5.02 Å². The Morgan fingerprint density at radius 1 is 1.10 bits per heavy atom. The van der Waals surface area contributed by atoms with Crippen LogP contribution in [0.4, 0.5) is 5.82 Å². The fourth-order valence-electron chi connectivity index (χ4n) is 2.09. The molecule has 5 nitrogen and oxygen atoms in total. The van der Waals surface area contributed by atoms with Gasteiger partial charge in [-0.25, -0.2) is 15.0 Å². The average molecular weight is 301 g/mol. The molecule has 0 aliphatic carbocycles. The number of anilines is 1. The largest absolute Gasteiger partial charge is 0.387 e. The second-order valence-corrected chi connectivity index (χ2v) is 4.92. The lowest BCUT2D eigenvalue weighted by Crippen LogP contribution is -2.13. The summed E-state index contributed by atoms with van der Waals surface area (Å²) in [6, 6.07) is 10.9. The summed E-state index contributed by atoms with van der Waals surface area (Å²) >= 11 is 6.07. The zero-order chi connectivity index (χ0) is 14.7. The van der Waals surface area contributed by atoms with Crippen molar-refractivity contribution in [3.63, 3.8) is 0 Å². The number of aliphatic hydroxyl groups excluding tert-OH is 1. The average Bonchev–Trinajstić information content (AvgIpc) is 2.53. The number of pyridine rings is 1. The number of halogens is 1. The van der Waals surface area contributed by atoms with Gasteiger partial charge in [-0.15, -0.1) is 0 Å². The molecule has 0 saturated heterocycles. The minimum Gasteiger partial charge on any atom is -0.387 e. The lowest BCUT2D eigenvalue weighted by atomic mass is 10.1. The van der Waals surface area contributed by atoms with E-state index in [1.807, 2.05) is 24.3 Å². The maximum Gasteiger partial charge on any atom is 0.164 e. The summed E-state index contributed by atoms with van der Waals surface area (Å²) in [5, 5.41) is 14.7. The highest BCUT2D eigenvalue weighted by atomic mass is 35.5. The summed E-state index contributed by atoms with van der Waals surface area (Å²) in [6.07, 6.45) is 2.40. The first kappa shape index (κ1) is 13.7. The molecule has 0 aliphatic rings.